The molecule has 22 rings (SSSR count). The van der Waals surface area contributed by atoms with Crippen LogP contribution in [0.4, 0.5) is 80.4 Å². The van der Waals surface area contributed by atoms with E-state index in [1.54, 1.807) is 60.1 Å². The third kappa shape index (κ3) is 18.4. The summed E-state index contributed by atoms with van der Waals surface area (Å²) in [5.74, 6) is 3.64. The van der Waals surface area contributed by atoms with E-state index in [1.165, 1.54) is 14.1 Å². The van der Waals surface area contributed by atoms with Crippen LogP contribution in [0.15, 0.2) is 159 Å². The molecule has 6 amide bonds. The molecule has 10 aromatic heterocycles. The number of para-hydroxylation sites is 4. The summed E-state index contributed by atoms with van der Waals surface area (Å²) in [7, 11) is 9.90. The van der Waals surface area contributed by atoms with E-state index >= 15 is 0 Å². The molecule has 680 valence electrons. The van der Waals surface area contributed by atoms with Crippen LogP contribution in [-0.4, -0.2) is 180 Å². The standard InChI is InChI=1S/C25H24N8O3.C23H22N8O2.C23H23N7O4.C21H21N7O3/c1-14-6-7-20(27-9-14)29-21-8-19(23(31-30-21)25(34)26-2)28-18-5-3-4-17-22-15(11-36-24(17)18)10-33(32-22)16-12-35-13-16;1-13-7-8-18(25-10-13)27-19-9-17(21(29-28-19)23(32)24-2)26-16-6-4-5-15-20-14(11-31(3)30-20)12-33-22(15)16;1-24-23(32)20-17(7-18(27-28-20)26-22(31)12-5-6-12)25-16-4-2-3-15-19-13(9-34-21(15)16)8-30(29-19)14-10-33-11-14;1-22-21(30)18-15(8-16(25-26-18)24-20(29)11-6-7-11)23-14-5-3-4-13-17-12(9-28(2)27-17)10-31-19(13)14/h3-10,16H,11-13H2,1-2H3,(H,26,34)(H2,27,28,29,30);4-11H,12H2,1-3H3,(H,24,32)(H2,25,26,27,28);2-4,7-8,12,14H,5-6,9-11H2,1H3,(H,24,32)(H2,25,26,27,31);3-5,8-9,11H,6-7,10H2,1-2H3,(H,22,30)(H2,23,24,25,29). The molecule has 42 nitrogen and oxygen atoms in total. The average Bonchev–Trinajstić information content (AvgIpc) is 0.999. The largest absolute Gasteiger partial charge is 0.486 e. The van der Waals surface area contributed by atoms with Crippen LogP contribution < -0.4 is 82.7 Å². The van der Waals surface area contributed by atoms with E-state index in [9.17, 15) is 28.8 Å². The molecule has 0 unspecified atom stereocenters. The van der Waals surface area contributed by atoms with Crippen LogP contribution in [0, 0.1) is 25.7 Å². The van der Waals surface area contributed by atoms with Crippen molar-refractivity contribution in [2.45, 2.75) is 78.0 Å². The Balaban J connectivity index is 0.000000115. The molecule has 0 spiro atoms. The molecule has 42 heteroatoms. The maximum absolute atomic E-state index is 12.5. The zero-order valence-electron chi connectivity index (χ0n) is 73.8. The molecule has 2 aliphatic carbocycles. The number of ether oxygens (including phenoxy) is 6. The summed E-state index contributed by atoms with van der Waals surface area (Å²) < 4.78 is 42.4. The fraction of sp³-hybridized carbons (Fsp3) is 0.261. The van der Waals surface area contributed by atoms with E-state index in [1.807, 2.05) is 159 Å². The molecule has 8 aliphatic rings. The Labute approximate surface area is 764 Å². The number of aromatic nitrogens is 18. The third-order valence-corrected chi connectivity index (χ3v) is 22.7. The highest BCUT2D eigenvalue weighted by Gasteiger charge is 2.36. The van der Waals surface area contributed by atoms with E-state index in [0.717, 1.165) is 104 Å². The number of carbonyl (C=O) groups is 6. The van der Waals surface area contributed by atoms with Crippen LogP contribution in [0.25, 0.3) is 45.0 Å². The van der Waals surface area contributed by atoms with Gasteiger partial charge in [-0.2, -0.15) is 20.4 Å². The molecule has 6 aliphatic heterocycles. The van der Waals surface area contributed by atoms with E-state index in [0.29, 0.717) is 145 Å². The normalized spacial score (nSPS) is 14.1. The van der Waals surface area contributed by atoms with Crippen molar-refractivity contribution < 1.29 is 57.2 Å². The molecule has 16 heterocycles. The van der Waals surface area contributed by atoms with Gasteiger partial charge in [0.1, 0.15) is 60.8 Å². The van der Waals surface area contributed by atoms with Gasteiger partial charge in [0.25, 0.3) is 23.6 Å². The summed E-state index contributed by atoms with van der Waals surface area (Å²) >= 11 is 0. The molecule has 14 aromatic rings. The lowest BCUT2D eigenvalue weighted by Crippen LogP contribution is -2.30. The van der Waals surface area contributed by atoms with E-state index in [2.05, 4.69) is 125 Å². The monoisotopic (exact) mass is 1810 g/mol. The Morgan fingerprint density at radius 2 is 0.634 bits per heavy atom. The molecule has 134 heavy (non-hydrogen) atoms. The van der Waals surface area contributed by atoms with Crippen molar-refractivity contribution in [2.24, 2.45) is 25.9 Å². The fourth-order valence-electron chi connectivity index (χ4n) is 15.3. The Kier molecular flexibility index (Phi) is 24.1. The van der Waals surface area contributed by atoms with E-state index < -0.39 is 11.8 Å². The number of rotatable bonds is 22. The van der Waals surface area contributed by atoms with Gasteiger partial charge in [-0.15, -0.1) is 40.8 Å². The highest BCUT2D eigenvalue weighted by atomic mass is 16.5. The van der Waals surface area contributed by atoms with Crippen LogP contribution in [0.2, 0.25) is 0 Å². The van der Waals surface area contributed by atoms with Gasteiger partial charge in [-0.1, -0.05) is 36.4 Å². The summed E-state index contributed by atoms with van der Waals surface area (Å²) in [5, 5.41) is 86.7. The van der Waals surface area contributed by atoms with Crippen LogP contribution in [-0.2, 0) is 59.6 Å². The minimum Gasteiger partial charge on any atom is -0.486 e. The molecule has 0 radical (unpaired) electrons. The first-order valence-corrected chi connectivity index (χ1v) is 43.1. The molecular weight excluding hydrogens is 1720 g/mol. The van der Waals surface area contributed by atoms with Gasteiger partial charge in [-0.3, -0.25) is 47.5 Å². The van der Waals surface area contributed by atoms with Gasteiger partial charge in [-0.05, 0) is 111 Å². The molecular formula is C92H90N30O12. The van der Waals surface area contributed by atoms with Crippen molar-refractivity contribution >= 4 is 116 Å². The van der Waals surface area contributed by atoms with Gasteiger partial charge < -0.3 is 92.2 Å². The Morgan fingerprint density at radius 1 is 0.336 bits per heavy atom. The summed E-state index contributed by atoms with van der Waals surface area (Å²) in [6, 6.07) is 37.7. The van der Waals surface area contributed by atoms with E-state index in [4.69, 9.17) is 38.6 Å². The number of hydrogen-bond acceptors (Lipinski definition) is 32. The summed E-state index contributed by atoms with van der Waals surface area (Å²) in [4.78, 5) is 82.8. The number of carbonyl (C=O) groups excluding carboxylic acids is 6. The van der Waals surface area contributed by atoms with Crippen molar-refractivity contribution in [1.82, 2.24) is 111 Å². The van der Waals surface area contributed by atoms with Gasteiger partial charge >= 0.3 is 0 Å². The Hall–Kier alpha value is -16.9. The second-order valence-electron chi connectivity index (χ2n) is 32.6. The quantitative estimate of drug-likeness (QED) is 0.0300. The SMILES string of the molecule is CNC(=O)c1nnc(NC(=O)C2CC2)cc1Nc1cccc2c1OCc1cn(C)nc1-2.CNC(=O)c1nnc(NC(=O)C2CC2)cc1Nc1cccc2c1OCc1cn(C3COC3)nc1-2.CNC(=O)c1nnc(Nc2ccc(C)cn2)cc1Nc1cccc2c1OCc1cn(C)nc1-2.CNC(=O)c1nnc(Nc2ccc(C)cn2)cc1Nc1cccc2c1OCc1cn(C3COC3)nc1-2. The van der Waals surface area contributed by atoms with Crippen molar-refractivity contribution in [3.63, 3.8) is 0 Å². The van der Waals surface area contributed by atoms with Gasteiger partial charge in [0.2, 0.25) is 11.8 Å². The number of hydrogen-bond donors (Lipinski definition) is 12. The van der Waals surface area contributed by atoms with E-state index in [-0.39, 0.29) is 82.0 Å². The van der Waals surface area contributed by atoms with Gasteiger partial charge in [0.05, 0.1) is 84.0 Å². The smallest absolute Gasteiger partial charge is 0.273 e. The minimum absolute atomic E-state index is 0.0202. The van der Waals surface area contributed by atoms with Crippen molar-refractivity contribution in [1.29, 1.82) is 0 Å². The zero-order valence-corrected chi connectivity index (χ0v) is 73.8. The van der Waals surface area contributed by atoms with Gasteiger partial charge in [0.15, 0.2) is 69.0 Å². The molecule has 0 atom stereocenters. The van der Waals surface area contributed by atoms with Crippen LogP contribution in [0.3, 0.4) is 0 Å². The first-order chi connectivity index (χ1) is 65.2. The first kappa shape index (κ1) is 86.5. The van der Waals surface area contributed by atoms with Crippen molar-refractivity contribution in [3.8, 4) is 68.0 Å². The minimum atomic E-state index is -0.399. The number of nitrogens with one attached hydrogen (secondary N) is 12. The lowest BCUT2D eigenvalue weighted by molar-refractivity contribution is -0.118. The predicted molar refractivity (Wildman–Crippen MR) is 492 cm³/mol. The first-order valence-electron chi connectivity index (χ1n) is 43.1. The number of benzene rings is 4. The molecule has 12 N–H and O–H groups in total. The predicted octanol–water partition coefficient (Wildman–Crippen LogP) is 11.2. The lowest BCUT2D eigenvalue weighted by Gasteiger charge is -2.25. The molecule has 4 fully saturated rings. The number of nitrogens with zero attached hydrogens (tertiary/aromatic N) is 18. The van der Waals surface area contributed by atoms with Gasteiger partial charge in [0, 0.05) is 160 Å². The third-order valence-electron chi connectivity index (χ3n) is 22.7. The number of anilines is 14. The topological polar surface area (TPSA) is 502 Å². The average molecular weight is 1810 g/mol. The molecule has 4 aromatic carbocycles. The Morgan fingerprint density at radius 3 is 0.918 bits per heavy atom. The van der Waals surface area contributed by atoms with Crippen LogP contribution >= 0.6 is 0 Å². The van der Waals surface area contributed by atoms with Crippen molar-refractivity contribution in [3.05, 3.63) is 215 Å². The summed E-state index contributed by atoms with van der Waals surface area (Å²) in [6.45, 7) is 8.18. The van der Waals surface area contributed by atoms with Crippen LogP contribution in [0.1, 0.15) is 113 Å². The number of fused-ring (bicyclic) bond motifs is 12. The maximum atomic E-state index is 12.5. The number of aryl methyl sites for hydroxylation is 4. The second kappa shape index (κ2) is 37.3. The van der Waals surface area contributed by atoms with Crippen LogP contribution in [0.5, 0.6) is 23.0 Å². The Bertz CT molecular complexity index is 6920. The highest BCUT2D eigenvalue weighted by molar-refractivity contribution is 6.03. The summed E-state index contributed by atoms with van der Waals surface area (Å²) in [6.07, 6.45) is 14.9. The zero-order chi connectivity index (χ0) is 92.4. The molecule has 0 bridgehead atoms. The highest BCUT2D eigenvalue weighted by Crippen LogP contribution is 2.49. The number of pyridine rings is 2. The lowest BCUT2D eigenvalue weighted by atomic mass is 10.0. The summed E-state index contributed by atoms with van der Waals surface area (Å²) in [5.41, 5.74) is 18.1. The second-order valence-corrected chi connectivity index (χ2v) is 32.6. The fourth-order valence-corrected chi connectivity index (χ4v) is 15.3. The molecule has 2 saturated carbocycles. The molecule has 2 saturated heterocycles. The number of amides is 6. The van der Waals surface area contributed by atoms with Gasteiger partial charge in [-0.25, -0.2) is 9.97 Å². The van der Waals surface area contributed by atoms with Crippen molar-refractivity contribution in [2.75, 3.05) is 97.2 Å². The maximum Gasteiger partial charge on any atom is 0.273 e.